The molecule has 1 aliphatic heterocycles. The number of methoxy groups -OCH3 is 2. The van der Waals surface area contributed by atoms with Gasteiger partial charge in [-0.05, 0) is 31.5 Å². The number of benzene rings is 1. The van der Waals surface area contributed by atoms with Crippen molar-refractivity contribution in [2.24, 2.45) is 0 Å². The molecule has 0 aliphatic carbocycles. The average molecular weight is 348 g/mol. The van der Waals surface area contributed by atoms with Gasteiger partial charge in [0, 0.05) is 18.0 Å². The van der Waals surface area contributed by atoms with Gasteiger partial charge in [0.1, 0.15) is 22.5 Å². The predicted octanol–water partition coefficient (Wildman–Crippen LogP) is 2.88. The van der Waals surface area contributed by atoms with Crippen molar-refractivity contribution in [1.82, 2.24) is 9.88 Å². The summed E-state index contributed by atoms with van der Waals surface area (Å²) >= 11 is 1.53. The van der Waals surface area contributed by atoms with Crippen LogP contribution in [0.2, 0.25) is 0 Å². The van der Waals surface area contributed by atoms with E-state index in [9.17, 15) is 9.90 Å². The Morgan fingerprint density at radius 1 is 1.42 bits per heavy atom. The van der Waals surface area contributed by atoms with Gasteiger partial charge < -0.3 is 14.6 Å². The quantitative estimate of drug-likeness (QED) is 0.865. The molecule has 2 aromatic rings. The van der Waals surface area contributed by atoms with Gasteiger partial charge in [-0.15, -0.1) is 11.3 Å². The number of aromatic nitrogens is 1. The highest BCUT2D eigenvalue weighted by molar-refractivity contribution is 7.13. The molecule has 2 heterocycles. The molecule has 3 rings (SSSR count). The molecule has 1 aromatic heterocycles. The molecule has 0 spiro atoms. The van der Waals surface area contributed by atoms with Crippen LogP contribution in [0.15, 0.2) is 23.6 Å². The third-order valence-electron chi connectivity index (χ3n) is 4.20. The van der Waals surface area contributed by atoms with Crippen LogP contribution >= 0.6 is 11.3 Å². The van der Waals surface area contributed by atoms with Crippen molar-refractivity contribution in [3.8, 4) is 22.1 Å². The maximum absolute atomic E-state index is 11.3. The zero-order chi connectivity index (χ0) is 17.1. The van der Waals surface area contributed by atoms with Crippen LogP contribution in [0.4, 0.5) is 0 Å². The summed E-state index contributed by atoms with van der Waals surface area (Å²) in [4.78, 5) is 17.9. The van der Waals surface area contributed by atoms with Gasteiger partial charge in [0.2, 0.25) is 0 Å². The molecular formula is C17H20N2O4S. The Bertz CT molecular complexity index is 731. The molecule has 6 nitrogen and oxygen atoms in total. The minimum atomic E-state index is -0.750. The molecule has 128 valence electrons. The van der Waals surface area contributed by atoms with Crippen LogP contribution < -0.4 is 9.47 Å². The van der Waals surface area contributed by atoms with E-state index in [1.807, 2.05) is 28.5 Å². The molecule has 7 heteroatoms. The average Bonchev–Trinajstić information content (AvgIpc) is 3.24. The van der Waals surface area contributed by atoms with E-state index in [4.69, 9.17) is 9.47 Å². The molecule has 1 saturated heterocycles. The Morgan fingerprint density at radius 2 is 2.25 bits per heavy atom. The van der Waals surface area contributed by atoms with Crippen LogP contribution in [-0.4, -0.2) is 47.8 Å². The summed E-state index contributed by atoms with van der Waals surface area (Å²) in [5.41, 5.74) is 1.80. The van der Waals surface area contributed by atoms with Gasteiger partial charge >= 0.3 is 5.97 Å². The van der Waals surface area contributed by atoms with Crippen molar-refractivity contribution in [3.05, 3.63) is 29.3 Å². The highest BCUT2D eigenvalue weighted by Crippen LogP contribution is 2.35. The Morgan fingerprint density at radius 3 is 2.96 bits per heavy atom. The molecular weight excluding hydrogens is 328 g/mol. The number of ether oxygens (including phenoxy) is 2. The van der Waals surface area contributed by atoms with Gasteiger partial charge in [0.05, 0.1) is 25.5 Å². The maximum atomic E-state index is 11.3. The highest BCUT2D eigenvalue weighted by Gasteiger charge is 2.30. The normalized spacial score (nSPS) is 17.8. The summed E-state index contributed by atoms with van der Waals surface area (Å²) in [5.74, 6) is 0.688. The van der Waals surface area contributed by atoms with E-state index in [1.165, 1.54) is 11.3 Å². The van der Waals surface area contributed by atoms with Crippen molar-refractivity contribution in [1.29, 1.82) is 0 Å². The van der Waals surface area contributed by atoms with E-state index in [2.05, 4.69) is 4.98 Å². The fourth-order valence-electron chi connectivity index (χ4n) is 2.98. The molecule has 1 atom stereocenters. The number of carbonyl (C=O) groups is 1. The lowest BCUT2D eigenvalue weighted by Gasteiger charge is -2.19. The Kier molecular flexibility index (Phi) is 5.01. The molecule has 0 radical (unpaired) electrons. The van der Waals surface area contributed by atoms with Crippen molar-refractivity contribution in [3.63, 3.8) is 0 Å². The smallest absolute Gasteiger partial charge is 0.320 e. The van der Waals surface area contributed by atoms with Crippen molar-refractivity contribution < 1.29 is 19.4 Å². The number of likely N-dealkylation sites (tertiary alicyclic amines) is 1. The third-order valence-corrected chi connectivity index (χ3v) is 5.13. The van der Waals surface area contributed by atoms with Gasteiger partial charge in [-0.25, -0.2) is 4.98 Å². The largest absolute Gasteiger partial charge is 0.497 e. The SMILES string of the molecule is COc1ccc(-c2nc(CN3CCC[C@@H]3C(=O)O)cs2)c(OC)c1. The van der Waals surface area contributed by atoms with Crippen molar-refractivity contribution >= 4 is 17.3 Å². The number of hydrogen-bond donors (Lipinski definition) is 1. The number of hydrogen-bond acceptors (Lipinski definition) is 6. The van der Waals surface area contributed by atoms with Crippen LogP contribution in [0.3, 0.4) is 0 Å². The Hall–Kier alpha value is -2.12. The van der Waals surface area contributed by atoms with E-state index in [-0.39, 0.29) is 0 Å². The van der Waals surface area contributed by atoms with Gasteiger partial charge in [-0.1, -0.05) is 0 Å². The van der Waals surface area contributed by atoms with E-state index in [0.29, 0.717) is 18.7 Å². The number of nitrogens with zero attached hydrogens (tertiary/aromatic N) is 2. The van der Waals surface area contributed by atoms with E-state index < -0.39 is 12.0 Å². The minimum absolute atomic E-state index is 0.398. The standard InChI is InChI=1S/C17H20N2O4S/c1-22-12-5-6-13(15(8-12)23-2)16-18-11(10-24-16)9-19-7-3-4-14(19)17(20)21/h5-6,8,10,14H,3-4,7,9H2,1-2H3,(H,20,21)/t14-/m1/s1. The van der Waals surface area contributed by atoms with Gasteiger partial charge in [0.25, 0.3) is 0 Å². The summed E-state index contributed by atoms with van der Waals surface area (Å²) < 4.78 is 10.6. The Balaban J connectivity index is 1.80. The second-order valence-electron chi connectivity index (χ2n) is 5.68. The second kappa shape index (κ2) is 7.19. The lowest BCUT2D eigenvalue weighted by atomic mass is 10.2. The van der Waals surface area contributed by atoms with E-state index in [1.54, 1.807) is 14.2 Å². The summed E-state index contributed by atoms with van der Waals surface area (Å²) in [6.45, 7) is 1.36. The zero-order valence-corrected chi connectivity index (χ0v) is 14.5. The third kappa shape index (κ3) is 3.37. The zero-order valence-electron chi connectivity index (χ0n) is 13.7. The van der Waals surface area contributed by atoms with Crippen LogP contribution in [-0.2, 0) is 11.3 Å². The first-order chi connectivity index (χ1) is 11.6. The number of rotatable bonds is 6. The van der Waals surface area contributed by atoms with Gasteiger partial charge in [-0.2, -0.15) is 0 Å². The molecule has 1 aromatic carbocycles. The van der Waals surface area contributed by atoms with Crippen LogP contribution in [0.1, 0.15) is 18.5 Å². The topological polar surface area (TPSA) is 71.9 Å². The molecule has 1 aliphatic rings. The summed E-state index contributed by atoms with van der Waals surface area (Å²) in [6, 6.07) is 5.23. The molecule has 0 bridgehead atoms. The van der Waals surface area contributed by atoms with Crippen molar-refractivity contribution in [2.75, 3.05) is 20.8 Å². The van der Waals surface area contributed by atoms with Gasteiger partial charge in [-0.3, -0.25) is 9.69 Å². The molecule has 1 fully saturated rings. The van der Waals surface area contributed by atoms with E-state index >= 15 is 0 Å². The first-order valence-electron chi connectivity index (χ1n) is 7.76. The first-order valence-corrected chi connectivity index (χ1v) is 8.64. The summed E-state index contributed by atoms with van der Waals surface area (Å²) in [7, 11) is 3.24. The molecule has 0 unspecified atom stereocenters. The highest BCUT2D eigenvalue weighted by atomic mass is 32.1. The van der Waals surface area contributed by atoms with Crippen LogP contribution in [0, 0.1) is 0 Å². The second-order valence-corrected chi connectivity index (χ2v) is 6.54. The lowest BCUT2D eigenvalue weighted by Crippen LogP contribution is -2.35. The summed E-state index contributed by atoms with van der Waals surface area (Å²) in [5, 5.41) is 12.1. The Labute approximate surface area is 144 Å². The number of aliphatic carboxylic acids is 1. The number of carboxylic acids is 1. The van der Waals surface area contributed by atoms with Gasteiger partial charge in [0.15, 0.2) is 0 Å². The lowest BCUT2D eigenvalue weighted by molar-refractivity contribution is -0.142. The molecule has 24 heavy (non-hydrogen) atoms. The first kappa shape index (κ1) is 16.7. The monoisotopic (exact) mass is 348 g/mol. The number of thiazole rings is 1. The predicted molar refractivity (Wildman–Crippen MR) is 91.7 cm³/mol. The molecule has 1 N–H and O–H groups in total. The fraction of sp³-hybridized carbons (Fsp3) is 0.412. The summed E-state index contributed by atoms with van der Waals surface area (Å²) in [6.07, 6.45) is 1.62. The maximum Gasteiger partial charge on any atom is 0.320 e. The molecule has 0 amide bonds. The van der Waals surface area contributed by atoms with E-state index in [0.717, 1.165) is 35.0 Å². The fourth-order valence-corrected chi connectivity index (χ4v) is 3.82. The van der Waals surface area contributed by atoms with Crippen LogP contribution in [0.25, 0.3) is 10.6 Å². The van der Waals surface area contributed by atoms with Crippen LogP contribution in [0.5, 0.6) is 11.5 Å². The van der Waals surface area contributed by atoms with Crippen molar-refractivity contribution in [2.45, 2.75) is 25.4 Å². The minimum Gasteiger partial charge on any atom is -0.497 e. The molecule has 0 saturated carbocycles. The number of carboxylic acid groups (broad SMARTS) is 1.